The predicted octanol–water partition coefficient (Wildman–Crippen LogP) is 2.10. The molecule has 6 nitrogen and oxygen atoms in total. The summed E-state index contributed by atoms with van der Waals surface area (Å²) in [5, 5.41) is 21.4. The van der Waals surface area contributed by atoms with Crippen molar-refractivity contribution in [1.82, 2.24) is 20.2 Å². The molecule has 6 heteroatoms. The fourth-order valence-electron chi connectivity index (χ4n) is 2.33. The molecule has 2 rings (SSSR count). The maximum Gasteiger partial charge on any atom is 0.146 e. The van der Waals surface area contributed by atoms with Gasteiger partial charge in [-0.25, -0.2) is 4.98 Å². The maximum atomic E-state index is 9.29. The van der Waals surface area contributed by atoms with Crippen molar-refractivity contribution < 1.29 is 10.3 Å². The van der Waals surface area contributed by atoms with E-state index in [2.05, 4.69) is 37.4 Å². The van der Waals surface area contributed by atoms with Crippen molar-refractivity contribution in [2.24, 2.45) is 0 Å². The SMILES string of the molecule is CCc1nc2cc(C=CC(O)NO)ccn2c1CNC(C)(C)C. The van der Waals surface area contributed by atoms with Crippen LogP contribution in [0.15, 0.2) is 24.4 Å². The Morgan fingerprint density at radius 3 is 2.74 bits per heavy atom. The zero-order chi connectivity index (χ0) is 17.0. The monoisotopic (exact) mass is 318 g/mol. The molecular formula is C17H26N4O2. The highest BCUT2D eigenvalue weighted by Gasteiger charge is 2.14. The summed E-state index contributed by atoms with van der Waals surface area (Å²) >= 11 is 0. The van der Waals surface area contributed by atoms with E-state index in [9.17, 15) is 5.11 Å². The van der Waals surface area contributed by atoms with Crippen molar-refractivity contribution in [2.45, 2.75) is 52.4 Å². The van der Waals surface area contributed by atoms with Gasteiger partial charge in [0.05, 0.1) is 11.4 Å². The van der Waals surface area contributed by atoms with Gasteiger partial charge in [0, 0.05) is 18.3 Å². The minimum absolute atomic E-state index is 0.0469. The van der Waals surface area contributed by atoms with E-state index in [1.165, 1.54) is 11.8 Å². The van der Waals surface area contributed by atoms with Gasteiger partial charge < -0.3 is 20.0 Å². The van der Waals surface area contributed by atoms with E-state index in [1.807, 2.05) is 18.3 Å². The average Bonchev–Trinajstić information content (AvgIpc) is 2.86. The zero-order valence-corrected chi connectivity index (χ0v) is 14.2. The number of aliphatic hydroxyl groups is 1. The molecule has 2 aromatic rings. The van der Waals surface area contributed by atoms with Gasteiger partial charge in [-0.2, -0.15) is 5.48 Å². The molecule has 0 aromatic carbocycles. The first-order valence-corrected chi connectivity index (χ1v) is 7.85. The molecule has 23 heavy (non-hydrogen) atoms. The number of hydrogen-bond donors (Lipinski definition) is 4. The van der Waals surface area contributed by atoms with Crippen LogP contribution in [-0.2, 0) is 13.0 Å². The molecule has 0 bridgehead atoms. The summed E-state index contributed by atoms with van der Waals surface area (Å²) in [5.41, 5.74) is 5.85. The first kappa shape index (κ1) is 17.6. The summed E-state index contributed by atoms with van der Waals surface area (Å²) in [6.45, 7) is 9.30. The molecule has 1 atom stereocenters. The summed E-state index contributed by atoms with van der Waals surface area (Å²) < 4.78 is 2.09. The molecule has 126 valence electrons. The molecule has 0 amide bonds. The third-order valence-electron chi connectivity index (χ3n) is 3.56. The number of hydrogen-bond acceptors (Lipinski definition) is 5. The summed E-state index contributed by atoms with van der Waals surface area (Å²) in [7, 11) is 0. The Bertz CT molecular complexity index is 686. The van der Waals surface area contributed by atoms with Crippen LogP contribution < -0.4 is 10.8 Å². The molecule has 0 spiro atoms. The van der Waals surface area contributed by atoms with E-state index < -0.39 is 6.23 Å². The number of nitrogens with one attached hydrogen (secondary N) is 2. The van der Waals surface area contributed by atoms with E-state index in [1.54, 1.807) is 11.6 Å². The van der Waals surface area contributed by atoms with E-state index in [4.69, 9.17) is 10.2 Å². The standard InChI is InChI=1S/C17H26N4O2/c1-5-13-14(11-18-17(2,3)4)21-9-8-12(10-15(21)19-13)6-7-16(22)20-23/h6-10,16,18,20,22-23H,5,11H2,1-4H3. The van der Waals surface area contributed by atoms with Crippen LogP contribution in [0, 0.1) is 0 Å². The number of fused-ring (bicyclic) bond motifs is 1. The lowest BCUT2D eigenvalue weighted by molar-refractivity contribution is 0.0323. The lowest BCUT2D eigenvalue weighted by Gasteiger charge is -2.20. The Hall–Kier alpha value is -1.73. The third kappa shape index (κ3) is 4.62. The number of imidazole rings is 1. The van der Waals surface area contributed by atoms with Gasteiger partial charge in [0.1, 0.15) is 11.9 Å². The molecule has 2 aromatic heterocycles. The molecule has 4 N–H and O–H groups in total. The molecule has 0 saturated heterocycles. The Balaban J connectivity index is 2.32. The molecular weight excluding hydrogens is 292 g/mol. The second-order valence-corrected chi connectivity index (χ2v) is 6.58. The topological polar surface area (TPSA) is 81.8 Å². The fourth-order valence-corrected chi connectivity index (χ4v) is 2.33. The third-order valence-corrected chi connectivity index (χ3v) is 3.56. The number of aromatic nitrogens is 2. The van der Waals surface area contributed by atoms with Gasteiger partial charge in [-0.15, -0.1) is 0 Å². The quantitative estimate of drug-likeness (QED) is 0.484. The number of hydroxylamine groups is 1. The Kier molecular flexibility index (Phi) is 5.54. The second-order valence-electron chi connectivity index (χ2n) is 6.58. The van der Waals surface area contributed by atoms with Gasteiger partial charge in [-0.05, 0) is 51.0 Å². The first-order chi connectivity index (χ1) is 10.8. The van der Waals surface area contributed by atoms with Crippen LogP contribution in [0.25, 0.3) is 11.7 Å². The van der Waals surface area contributed by atoms with Gasteiger partial charge in [0.25, 0.3) is 0 Å². The Morgan fingerprint density at radius 2 is 2.13 bits per heavy atom. The van der Waals surface area contributed by atoms with E-state index >= 15 is 0 Å². The maximum absolute atomic E-state index is 9.29. The molecule has 2 heterocycles. The van der Waals surface area contributed by atoms with Crippen molar-refractivity contribution in [1.29, 1.82) is 0 Å². The smallest absolute Gasteiger partial charge is 0.146 e. The van der Waals surface area contributed by atoms with Crippen molar-refractivity contribution in [3.8, 4) is 0 Å². The highest BCUT2D eigenvalue weighted by molar-refractivity contribution is 5.57. The number of aliphatic hydroxyl groups excluding tert-OH is 1. The molecule has 1 unspecified atom stereocenters. The molecule has 0 aliphatic rings. The molecule has 0 radical (unpaired) electrons. The highest BCUT2D eigenvalue weighted by atomic mass is 16.5. The van der Waals surface area contributed by atoms with Crippen LogP contribution >= 0.6 is 0 Å². The van der Waals surface area contributed by atoms with Crippen molar-refractivity contribution in [2.75, 3.05) is 0 Å². The lowest BCUT2D eigenvalue weighted by atomic mass is 10.1. The number of rotatable bonds is 6. The van der Waals surface area contributed by atoms with Crippen LogP contribution in [0.5, 0.6) is 0 Å². The van der Waals surface area contributed by atoms with Crippen LogP contribution in [0.4, 0.5) is 0 Å². The lowest BCUT2D eigenvalue weighted by Crippen LogP contribution is -2.35. The van der Waals surface area contributed by atoms with E-state index in [0.717, 1.165) is 29.9 Å². The first-order valence-electron chi connectivity index (χ1n) is 7.85. The van der Waals surface area contributed by atoms with Crippen molar-refractivity contribution in [3.05, 3.63) is 41.4 Å². The molecule has 0 aliphatic carbocycles. The predicted molar refractivity (Wildman–Crippen MR) is 91.1 cm³/mol. The van der Waals surface area contributed by atoms with Gasteiger partial charge >= 0.3 is 0 Å². The minimum Gasteiger partial charge on any atom is -0.373 e. The molecule has 0 saturated carbocycles. The Morgan fingerprint density at radius 1 is 1.39 bits per heavy atom. The summed E-state index contributed by atoms with van der Waals surface area (Å²) in [5.74, 6) is 0. The second kappa shape index (κ2) is 7.23. The van der Waals surface area contributed by atoms with Crippen molar-refractivity contribution in [3.63, 3.8) is 0 Å². The largest absolute Gasteiger partial charge is 0.373 e. The summed E-state index contributed by atoms with van der Waals surface area (Å²) in [6, 6.07) is 3.91. The van der Waals surface area contributed by atoms with Crippen LogP contribution in [-0.4, -0.2) is 31.5 Å². The fraction of sp³-hybridized carbons (Fsp3) is 0.471. The van der Waals surface area contributed by atoms with Gasteiger partial charge in [-0.1, -0.05) is 13.0 Å². The zero-order valence-electron chi connectivity index (χ0n) is 14.2. The van der Waals surface area contributed by atoms with Gasteiger partial charge in [0.2, 0.25) is 0 Å². The average molecular weight is 318 g/mol. The van der Waals surface area contributed by atoms with E-state index in [-0.39, 0.29) is 5.54 Å². The molecule has 0 aliphatic heterocycles. The van der Waals surface area contributed by atoms with Crippen LogP contribution in [0.3, 0.4) is 0 Å². The molecule has 0 fully saturated rings. The number of aryl methyl sites for hydroxylation is 1. The van der Waals surface area contributed by atoms with Gasteiger partial charge in [-0.3, -0.25) is 0 Å². The van der Waals surface area contributed by atoms with Crippen LogP contribution in [0.2, 0.25) is 0 Å². The summed E-state index contributed by atoms with van der Waals surface area (Å²) in [6.07, 6.45) is 4.99. The van der Waals surface area contributed by atoms with Gasteiger partial charge in [0.15, 0.2) is 0 Å². The Labute approximate surface area is 136 Å². The van der Waals surface area contributed by atoms with E-state index in [0.29, 0.717) is 0 Å². The minimum atomic E-state index is -1.08. The highest BCUT2D eigenvalue weighted by Crippen LogP contribution is 2.17. The number of pyridine rings is 1. The summed E-state index contributed by atoms with van der Waals surface area (Å²) in [4.78, 5) is 4.70. The number of nitrogens with zero attached hydrogens (tertiary/aromatic N) is 2. The normalized spacial score (nSPS) is 14.0. The van der Waals surface area contributed by atoms with Crippen LogP contribution in [0.1, 0.15) is 44.6 Å². The van der Waals surface area contributed by atoms with Crippen molar-refractivity contribution >= 4 is 11.7 Å².